The molecule has 2 nitrogen and oxygen atoms in total. The molecule has 0 aliphatic carbocycles. The second-order valence-electron chi connectivity index (χ2n) is 1.98. The van der Waals surface area contributed by atoms with E-state index < -0.39 is 0 Å². The summed E-state index contributed by atoms with van der Waals surface area (Å²) >= 11 is 0. The Morgan fingerprint density at radius 3 is 2.22 bits per heavy atom. The molecule has 0 amide bonds. The van der Waals surface area contributed by atoms with Crippen molar-refractivity contribution in [1.82, 2.24) is 0 Å². The van der Waals surface area contributed by atoms with Crippen LogP contribution in [0.2, 0.25) is 0 Å². The van der Waals surface area contributed by atoms with Crippen molar-refractivity contribution in [2.45, 2.75) is 18.9 Å². The second kappa shape index (κ2) is 6.62. The average Bonchev–Trinajstić information content (AvgIpc) is 1.69. The van der Waals surface area contributed by atoms with Gasteiger partial charge in [0.25, 0.3) is 0 Å². The Kier molecular flexibility index (Phi) is 8.97. The minimum Gasteiger partial charge on any atom is -0.380 e. The van der Waals surface area contributed by atoms with Gasteiger partial charge in [-0.2, -0.15) is 0 Å². The van der Waals surface area contributed by atoms with Gasteiger partial charge in [0.2, 0.25) is 0 Å². The minimum atomic E-state index is 0. The number of ether oxygens (including phenoxy) is 1. The van der Waals surface area contributed by atoms with Gasteiger partial charge in [-0.1, -0.05) is 0 Å². The molecule has 0 bridgehead atoms. The summed E-state index contributed by atoms with van der Waals surface area (Å²) in [6, 6.07) is 0.314. The van der Waals surface area contributed by atoms with Crippen molar-refractivity contribution in [2.24, 2.45) is 5.73 Å². The molecule has 2 N–H and O–H groups in total. The highest BCUT2D eigenvalue weighted by Gasteiger charge is 2.06. The number of rotatable bonds is 0. The van der Waals surface area contributed by atoms with Gasteiger partial charge in [0.1, 0.15) is 0 Å². The molecule has 0 aromatic carbocycles. The van der Waals surface area contributed by atoms with Crippen LogP contribution in [0.5, 0.6) is 0 Å². The molecule has 0 aromatic rings. The van der Waals surface area contributed by atoms with Gasteiger partial charge in [-0.25, -0.2) is 0 Å². The largest absolute Gasteiger partial charge is 0.380 e. The van der Waals surface area contributed by atoms with E-state index in [1.165, 1.54) is 0 Å². The van der Waals surface area contributed by atoms with E-state index >= 15 is 0 Å². The second-order valence-corrected chi connectivity index (χ2v) is 1.98. The first-order chi connectivity index (χ1) is 3.39. The van der Waals surface area contributed by atoms with Crippen LogP contribution >= 0.6 is 24.8 Å². The summed E-state index contributed by atoms with van der Waals surface area (Å²) in [6.07, 6.45) is 2.28. The zero-order valence-electron chi connectivity index (χ0n) is 5.21. The zero-order valence-corrected chi connectivity index (χ0v) is 6.84. The maximum atomic E-state index is 5.51. The molecule has 1 saturated heterocycles. The average molecular weight is 174 g/mol. The van der Waals surface area contributed by atoms with Gasteiger partial charge >= 0.3 is 0 Å². The van der Waals surface area contributed by atoms with Gasteiger partial charge < -0.3 is 10.5 Å². The summed E-state index contributed by atoms with van der Waals surface area (Å²) in [5.74, 6) is 0. The van der Waals surface area contributed by atoms with Crippen molar-refractivity contribution in [1.29, 1.82) is 0 Å². The van der Waals surface area contributed by atoms with E-state index in [4.69, 9.17) is 10.5 Å². The third kappa shape index (κ3) is 4.97. The Morgan fingerprint density at radius 1 is 1.33 bits per heavy atom. The van der Waals surface area contributed by atoms with Crippen LogP contribution in [0, 0.1) is 0 Å². The van der Waals surface area contributed by atoms with Crippen molar-refractivity contribution in [3.8, 4) is 0 Å². The maximum Gasteiger partial charge on any atom is 0.0617 e. The predicted octanol–water partition coefficient (Wildman–Crippen LogP) is 0.968. The van der Waals surface area contributed by atoms with E-state index in [1.807, 2.05) is 0 Å². The van der Waals surface area contributed by atoms with Gasteiger partial charge in [0.05, 0.1) is 6.61 Å². The van der Waals surface area contributed by atoms with Crippen LogP contribution in [0.15, 0.2) is 0 Å². The monoisotopic (exact) mass is 173 g/mol. The molecule has 1 unspecified atom stereocenters. The van der Waals surface area contributed by atoms with Crippen molar-refractivity contribution in [3.63, 3.8) is 0 Å². The first-order valence-corrected chi connectivity index (χ1v) is 2.73. The van der Waals surface area contributed by atoms with Gasteiger partial charge in [-0.15, -0.1) is 24.8 Å². The predicted molar refractivity (Wildman–Crippen MR) is 42.5 cm³/mol. The molecule has 1 heterocycles. The molecule has 1 aliphatic heterocycles. The number of halogens is 2. The van der Waals surface area contributed by atoms with Crippen LogP contribution in [0.3, 0.4) is 0 Å². The van der Waals surface area contributed by atoms with E-state index in [2.05, 4.69) is 0 Å². The highest BCUT2D eigenvalue weighted by atomic mass is 35.5. The van der Waals surface area contributed by atoms with E-state index in [0.29, 0.717) is 6.04 Å². The fourth-order valence-corrected chi connectivity index (χ4v) is 0.766. The van der Waals surface area contributed by atoms with Crippen molar-refractivity contribution in [2.75, 3.05) is 13.2 Å². The Labute approximate surface area is 68.0 Å². The quantitative estimate of drug-likeness (QED) is 0.593. The van der Waals surface area contributed by atoms with E-state index in [0.717, 1.165) is 26.1 Å². The van der Waals surface area contributed by atoms with E-state index in [1.54, 1.807) is 0 Å². The highest BCUT2D eigenvalue weighted by molar-refractivity contribution is 5.85. The van der Waals surface area contributed by atoms with Gasteiger partial charge in [0, 0.05) is 12.6 Å². The molecule has 0 saturated carbocycles. The summed E-state index contributed by atoms with van der Waals surface area (Å²) in [4.78, 5) is 0. The zero-order chi connectivity index (χ0) is 5.11. The summed E-state index contributed by atoms with van der Waals surface area (Å²) in [7, 11) is 0. The van der Waals surface area contributed by atoms with Crippen molar-refractivity contribution < 1.29 is 4.74 Å². The molecular weight excluding hydrogens is 161 g/mol. The van der Waals surface area contributed by atoms with Crippen LogP contribution in [-0.4, -0.2) is 19.3 Å². The van der Waals surface area contributed by atoms with Crippen LogP contribution in [-0.2, 0) is 4.74 Å². The van der Waals surface area contributed by atoms with Crippen LogP contribution in [0.4, 0.5) is 0 Å². The summed E-state index contributed by atoms with van der Waals surface area (Å²) in [6.45, 7) is 1.67. The molecule has 0 aromatic heterocycles. The molecule has 4 heteroatoms. The Morgan fingerprint density at radius 2 is 2.00 bits per heavy atom. The first-order valence-electron chi connectivity index (χ1n) is 2.73. The molecule has 1 rings (SSSR count). The molecule has 0 radical (unpaired) electrons. The minimum absolute atomic E-state index is 0. The first kappa shape index (κ1) is 12.2. The number of hydrogen-bond donors (Lipinski definition) is 1. The van der Waals surface area contributed by atoms with Crippen molar-refractivity contribution >= 4 is 24.8 Å². The number of hydrogen-bond acceptors (Lipinski definition) is 2. The molecule has 1 atom stereocenters. The molecule has 1 fully saturated rings. The number of nitrogens with two attached hydrogens (primary N) is 1. The fraction of sp³-hybridized carbons (Fsp3) is 1.00. The Balaban J connectivity index is 0. The molecular formula is C5H13Cl2NO. The SMILES string of the molecule is Cl.Cl.NC1CCCOC1. The third-order valence-electron chi connectivity index (χ3n) is 1.20. The summed E-state index contributed by atoms with van der Waals surface area (Å²) < 4.78 is 5.06. The third-order valence-corrected chi connectivity index (χ3v) is 1.20. The lowest BCUT2D eigenvalue weighted by Gasteiger charge is -2.16. The lowest BCUT2D eigenvalue weighted by atomic mass is 10.1. The lowest BCUT2D eigenvalue weighted by Crippen LogP contribution is -2.30. The van der Waals surface area contributed by atoms with Gasteiger partial charge in [-0.3, -0.25) is 0 Å². The van der Waals surface area contributed by atoms with Crippen LogP contribution < -0.4 is 5.73 Å². The normalized spacial score (nSPS) is 25.7. The van der Waals surface area contributed by atoms with E-state index in [9.17, 15) is 0 Å². The molecule has 58 valence electrons. The fourth-order valence-electron chi connectivity index (χ4n) is 0.766. The molecule has 1 aliphatic rings. The van der Waals surface area contributed by atoms with Crippen molar-refractivity contribution in [3.05, 3.63) is 0 Å². The Hall–Kier alpha value is 0.500. The topological polar surface area (TPSA) is 35.2 Å². The highest BCUT2D eigenvalue weighted by Crippen LogP contribution is 2.01. The van der Waals surface area contributed by atoms with Gasteiger partial charge in [-0.05, 0) is 12.8 Å². The molecule has 0 spiro atoms. The lowest BCUT2D eigenvalue weighted by molar-refractivity contribution is 0.0822. The summed E-state index contributed by atoms with van der Waals surface area (Å²) in [5.41, 5.74) is 5.51. The molecule has 9 heavy (non-hydrogen) atoms. The maximum absolute atomic E-state index is 5.51. The van der Waals surface area contributed by atoms with Gasteiger partial charge in [0.15, 0.2) is 0 Å². The van der Waals surface area contributed by atoms with Crippen LogP contribution in [0.1, 0.15) is 12.8 Å². The van der Waals surface area contributed by atoms with Crippen LogP contribution in [0.25, 0.3) is 0 Å². The standard InChI is InChI=1S/C5H11NO.2ClH/c6-5-2-1-3-7-4-5;;/h5H,1-4,6H2;2*1H. The summed E-state index contributed by atoms with van der Waals surface area (Å²) in [5, 5.41) is 0. The van der Waals surface area contributed by atoms with E-state index in [-0.39, 0.29) is 24.8 Å². The smallest absolute Gasteiger partial charge is 0.0617 e. The Bertz CT molecular complexity index is 56.9.